The van der Waals surface area contributed by atoms with Gasteiger partial charge in [-0.05, 0) is 12.0 Å². The second kappa shape index (κ2) is 5.46. The van der Waals surface area contributed by atoms with Crippen molar-refractivity contribution in [2.45, 2.75) is 12.8 Å². The lowest BCUT2D eigenvalue weighted by Gasteiger charge is -2.03. The van der Waals surface area contributed by atoms with Gasteiger partial charge in [0.1, 0.15) is 0 Å². The largest absolute Gasteiger partial charge is 0.469 e. The van der Waals surface area contributed by atoms with E-state index in [4.69, 9.17) is 11.6 Å². The van der Waals surface area contributed by atoms with Crippen LogP contribution in [-0.4, -0.2) is 18.0 Å². The van der Waals surface area contributed by atoms with Crippen LogP contribution >= 0.6 is 11.6 Å². The molecule has 0 aliphatic carbocycles. The summed E-state index contributed by atoms with van der Waals surface area (Å²) in [4.78, 5) is 20.8. The topological polar surface area (TPSA) is 69.4 Å². The molecule has 1 rings (SSSR count). The molecule has 0 fully saturated rings. The molecule has 6 heteroatoms. The van der Waals surface area contributed by atoms with Gasteiger partial charge in [-0.15, -0.1) is 0 Å². The van der Waals surface area contributed by atoms with E-state index in [1.54, 1.807) is 6.07 Å². The summed E-state index contributed by atoms with van der Waals surface area (Å²) in [6.07, 6.45) is 0.609. The molecular weight excluding hydrogens is 234 g/mol. The number of hydrogen-bond acceptors (Lipinski definition) is 4. The first kappa shape index (κ1) is 12.4. The van der Waals surface area contributed by atoms with Gasteiger partial charge in [0.2, 0.25) is 0 Å². The highest BCUT2D eigenvalue weighted by Gasteiger charge is 2.10. The standard InChI is InChI=1S/C10H10ClNO4/c1-16-10(13)5-3-7-2-4-8(12(14)15)6-9(7)11/h2,4,6H,3,5H2,1H3. The van der Waals surface area contributed by atoms with Crippen molar-refractivity contribution in [1.82, 2.24) is 0 Å². The van der Waals surface area contributed by atoms with Gasteiger partial charge in [0.15, 0.2) is 0 Å². The number of ether oxygens (including phenoxy) is 1. The van der Waals surface area contributed by atoms with Gasteiger partial charge in [0.25, 0.3) is 5.69 Å². The fourth-order valence-electron chi connectivity index (χ4n) is 1.19. The minimum atomic E-state index is -0.518. The zero-order chi connectivity index (χ0) is 12.1. The summed E-state index contributed by atoms with van der Waals surface area (Å²) in [7, 11) is 1.31. The third-order valence-electron chi connectivity index (χ3n) is 2.07. The minimum absolute atomic E-state index is 0.0631. The van der Waals surface area contributed by atoms with Crippen LogP contribution in [0.15, 0.2) is 18.2 Å². The van der Waals surface area contributed by atoms with Crippen LogP contribution in [0.4, 0.5) is 5.69 Å². The highest BCUT2D eigenvalue weighted by Crippen LogP contribution is 2.23. The first-order valence-electron chi connectivity index (χ1n) is 4.54. The Morgan fingerprint density at radius 2 is 2.25 bits per heavy atom. The van der Waals surface area contributed by atoms with Gasteiger partial charge in [0.05, 0.1) is 17.1 Å². The number of esters is 1. The van der Waals surface area contributed by atoms with E-state index in [2.05, 4.69) is 4.74 Å². The molecule has 86 valence electrons. The lowest BCUT2D eigenvalue weighted by atomic mass is 10.1. The molecular formula is C10H10ClNO4. The lowest BCUT2D eigenvalue weighted by Crippen LogP contribution is -2.02. The van der Waals surface area contributed by atoms with Gasteiger partial charge in [-0.1, -0.05) is 17.7 Å². The monoisotopic (exact) mass is 243 g/mol. The molecule has 0 N–H and O–H groups in total. The number of methoxy groups -OCH3 is 1. The van der Waals surface area contributed by atoms with E-state index >= 15 is 0 Å². The molecule has 1 aromatic carbocycles. The predicted octanol–water partition coefficient (Wildman–Crippen LogP) is 2.35. The van der Waals surface area contributed by atoms with E-state index in [1.807, 2.05) is 0 Å². The molecule has 0 aromatic heterocycles. The number of nitro groups is 1. The molecule has 0 saturated carbocycles. The average molecular weight is 244 g/mol. The smallest absolute Gasteiger partial charge is 0.305 e. The van der Waals surface area contributed by atoms with Gasteiger partial charge >= 0.3 is 5.97 Å². The molecule has 0 unspecified atom stereocenters. The molecule has 0 saturated heterocycles. The second-order valence-corrected chi connectivity index (χ2v) is 3.52. The average Bonchev–Trinajstić information content (AvgIpc) is 2.26. The van der Waals surface area contributed by atoms with Crippen LogP contribution in [0.5, 0.6) is 0 Å². The number of non-ortho nitro benzene ring substituents is 1. The van der Waals surface area contributed by atoms with E-state index in [0.717, 1.165) is 0 Å². The van der Waals surface area contributed by atoms with E-state index in [0.29, 0.717) is 12.0 Å². The predicted molar refractivity (Wildman–Crippen MR) is 58.4 cm³/mol. The number of aryl methyl sites for hydroxylation is 1. The molecule has 5 nitrogen and oxygen atoms in total. The quantitative estimate of drug-likeness (QED) is 0.462. The molecule has 0 atom stereocenters. The molecule has 0 spiro atoms. The zero-order valence-corrected chi connectivity index (χ0v) is 9.36. The summed E-state index contributed by atoms with van der Waals surface area (Å²) in [5.74, 6) is -0.339. The first-order valence-corrected chi connectivity index (χ1v) is 4.92. The number of nitrogens with zero attached hydrogens (tertiary/aromatic N) is 1. The Kier molecular flexibility index (Phi) is 4.25. The number of halogens is 1. The summed E-state index contributed by atoms with van der Waals surface area (Å²) in [6, 6.07) is 4.18. The summed E-state index contributed by atoms with van der Waals surface area (Å²) in [5.41, 5.74) is 0.629. The summed E-state index contributed by atoms with van der Waals surface area (Å²) in [5, 5.41) is 10.7. The van der Waals surface area contributed by atoms with Crippen molar-refractivity contribution in [2.75, 3.05) is 7.11 Å². The maximum Gasteiger partial charge on any atom is 0.305 e. The molecule has 0 aliphatic rings. The van der Waals surface area contributed by atoms with Gasteiger partial charge < -0.3 is 4.74 Å². The zero-order valence-electron chi connectivity index (χ0n) is 8.60. The van der Waals surface area contributed by atoms with Crippen molar-refractivity contribution in [1.29, 1.82) is 0 Å². The van der Waals surface area contributed by atoms with Crippen LogP contribution in [0.1, 0.15) is 12.0 Å². The molecule has 1 aromatic rings. The lowest BCUT2D eigenvalue weighted by molar-refractivity contribution is -0.384. The Hall–Kier alpha value is -1.62. The fourth-order valence-corrected chi connectivity index (χ4v) is 1.46. The molecule has 0 bridgehead atoms. The van der Waals surface area contributed by atoms with Crippen LogP contribution in [0.25, 0.3) is 0 Å². The number of carbonyl (C=O) groups is 1. The normalized spacial score (nSPS) is 9.88. The number of nitro benzene ring substituents is 1. The van der Waals surface area contributed by atoms with E-state index < -0.39 is 4.92 Å². The van der Waals surface area contributed by atoms with Crippen LogP contribution < -0.4 is 0 Å². The molecule has 0 heterocycles. The molecule has 0 aliphatic heterocycles. The Balaban J connectivity index is 2.75. The molecule has 16 heavy (non-hydrogen) atoms. The number of carbonyl (C=O) groups excluding carboxylic acids is 1. The molecule has 0 amide bonds. The van der Waals surface area contributed by atoms with E-state index in [1.165, 1.54) is 19.2 Å². The highest BCUT2D eigenvalue weighted by molar-refractivity contribution is 6.31. The van der Waals surface area contributed by atoms with Crippen molar-refractivity contribution in [3.05, 3.63) is 38.9 Å². The van der Waals surface area contributed by atoms with Crippen molar-refractivity contribution < 1.29 is 14.5 Å². The van der Waals surface area contributed by atoms with Crippen LogP contribution in [-0.2, 0) is 16.0 Å². The Morgan fingerprint density at radius 1 is 1.56 bits per heavy atom. The van der Waals surface area contributed by atoms with Crippen molar-refractivity contribution >= 4 is 23.3 Å². The van der Waals surface area contributed by atoms with Gasteiger partial charge in [-0.3, -0.25) is 14.9 Å². The van der Waals surface area contributed by atoms with Gasteiger partial charge in [-0.25, -0.2) is 0 Å². The van der Waals surface area contributed by atoms with Crippen LogP contribution in [0, 0.1) is 10.1 Å². The number of hydrogen-bond donors (Lipinski definition) is 0. The third kappa shape index (κ3) is 3.20. The van der Waals surface area contributed by atoms with Crippen LogP contribution in [0.3, 0.4) is 0 Å². The Labute approximate surface area is 97.1 Å². The second-order valence-electron chi connectivity index (χ2n) is 3.11. The fraction of sp³-hybridized carbons (Fsp3) is 0.300. The Bertz CT molecular complexity index is 419. The van der Waals surface area contributed by atoms with Crippen LogP contribution in [0.2, 0.25) is 5.02 Å². The Morgan fingerprint density at radius 3 is 2.75 bits per heavy atom. The summed E-state index contributed by atoms with van der Waals surface area (Å²) >= 11 is 5.84. The van der Waals surface area contributed by atoms with Gasteiger partial charge in [0, 0.05) is 18.6 Å². The molecule has 0 radical (unpaired) electrons. The van der Waals surface area contributed by atoms with Crippen molar-refractivity contribution in [2.24, 2.45) is 0 Å². The minimum Gasteiger partial charge on any atom is -0.469 e. The maximum absolute atomic E-state index is 10.9. The number of benzene rings is 1. The van der Waals surface area contributed by atoms with E-state index in [9.17, 15) is 14.9 Å². The number of rotatable bonds is 4. The summed E-state index contributed by atoms with van der Waals surface area (Å²) < 4.78 is 4.48. The van der Waals surface area contributed by atoms with Crippen molar-refractivity contribution in [3.8, 4) is 0 Å². The SMILES string of the molecule is COC(=O)CCc1ccc([N+](=O)[O-])cc1Cl. The third-order valence-corrected chi connectivity index (χ3v) is 2.43. The van der Waals surface area contributed by atoms with Crippen molar-refractivity contribution in [3.63, 3.8) is 0 Å². The van der Waals surface area contributed by atoms with E-state index in [-0.39, 0.29) is 23.1 Å². The van der Waals surface area contributed by atoms with Gasteiger partial charge in [-0.2, -0.15) is 0 Å². The summed E-state index contributed by atoms with van der Waals surface area (Å²) in [6.45, 7) is 0. The first-order chi connectivity index (χ1) is 7.54. The highest BCUT2D eigenvalue weighted by atomic mass is 35.5. The maximum atomic E-state index is 10.9.